The van der Waals surface area contributed by atoms with Crippen molar-refractivity contribution in [1.82, 2.24) is 14.4 Å². The van der Waals surface area contributed by atoms with Crippen LogP contribution in [0, 0.1) is 5.41 Å². The second-order valence-electron chi connectivity index (χ2n) is 9.17. The Morgan fingerprint density at radius 1 is 1.00 bits per heavy atom. The van der Waals surface area contributed by atoms with Crippen LogP contribution >= 0.6 is 11.6 Å². The number of benzene rings is 2. The molecule has 2 aliphatic rings. The number of nitrogens with zero attached hydrogens (tertiary/aromatic N) is 3. The van der Waals surface area contributed by atoms with Gasteiger partial charge in [0.2, 0.25) is 5.88 Å². The lowest BCUT2D eigenvalue weighted by atomic mass is 9.71. The number of rotatable bonds is 2. The van der Waals surface area contributed by atoms with Gasteiger partial charge in [0.05, 0.1) is 10.4 Å². The summed E-state index contributed by atoms with van der Waals surface area (Å²) in [6.45, 7) is 3.96. The quantitative estimate of drug-likeness (QED) is 0.617. The van der Waals surface area contributed by atoms with E-state index in [1.54, 1.807) is 10.6 Å². The van der Waals surface area contributed by atoms with Crippen LogP contribution in [0.5, 0.6) is 5.88 Å². The Hall–Kier alpha value is -2.50. The lowest BCUT2D eigenvalue weighted by molar-refractivity contribution is 0.0352. The van der Waals surface area contributed by atoms with E-state index in [2.05, 4.69) is 11.9 Å². The predicted molar refractivity (Wildman–Crippen MR) is 124 cm³/mol. The second-order valence-corrected chi connectivity index (χ2v) is 9.58. The summed E-state index contributed by atoms with van der Waals surface area (Å²) in [4.78, 5) is 17.6. The number of halogens is 1. The van der Waals surface area contributed by atoms with Crippen molar-refractivity contribution in [1.29, 1.82) is 0 Å². The molecule has 3 aromatic rings. The highest BCUT2D eigenvalue weighted by molar-refractivity contribution is 6.36. The van der Waals surface area contributed by atoms with Crippen LogP contribution in [0.15, 0.2) is 48.7 Å². The van der Waals surface area contributed by atoms with Crippen LogP contribution in [-0.2, 0) is 0 Å². The maximum absolute atomic E-state index is 13.2. The fourth-order valence-electron chi connectivity index (χ4n) is 5.15. The van der Waals surface area contributed by atoms with Crippen molar-refractivity contribution in [3.8, 4) is 11.6 Å². The van der Waals surface area contributed by atoms with Gasteiger partial charge < -0.3 is 14.9 Å². The molecule has 1 N–H and O–H groups in total. The third kappa shape index (κ3) is 3.70. The fourth-order valence-corrected chi connectivity index (χ4v) is 5.42. The largest absolute Gasteiger partial charge is 0.494 e. The summed E-state index contributed by atoms with van der Waals surface area (Å²) in [5, 5.41) is 12.7. The van der Waals surface area contributed by atoms with Gasteiger partial charge in [0.15, 0.2) is 0 Å². The van der Waals surface area contributed by atoms with Crippen molar-refractivity contribution in [3.05, 3.63) is 59.2 Å². The topological polar surface area (TPSA) is 48.7 Å². The highest BCUT2D eigenvalue weighted by atomic mass is 35.5. The Morgan fingerprint density at radius 2 is 1.68 bits per heavy atom. The first-order chi connectivity index (χ1) is 15.0. The van der Waals surface area contributed by atoms with Gasteiger partial charge in [-0.1, -0.05) is 29.8 Å². The van der Waals surface area contributed by atoms with Crippen LogP contribution in [0.3, 0.4) is 0 Å². The van der Waals surface area contributed by atoms with Gasteiger partial charge in [-0.25, -0.2) is 0 Å². The van der Waals surface area contributed by atoms with E-state index < -0.39 is 0 Å². The highest BCUT2D eigenvalue weighted by Crippen LogP contribution is 2.41. The molecule has 31 heavy (non-hydrogen) atoms. The van der Waals surface area contributed by atoms with Crippen molar-refractivity contribution < 1.29 is 9.90 Å². The zero-order chi connectivity index (χ0) is 21.6. The average Bonchev–Trinajstić information content (AvgIpc) is 3.14. The van der Waals surface area contributed by atoms with Crippen LogP contribution in [0.4, 0.5) is 0 Å². The summed E-state index contributed by atoms with van der Waals surface area (Å²) in [6, 6.07) is 13.0. The lowest BCUT2D eigenvalue weighted by Gasteiger charge is -2.46. The molecule has 5 rings (SSSR count). The van der Waals surface area contributed by atoms with Crippen molar-refractivity contribution in [2.45, 2.75) is 25.7 Å². The Labute approximate surface area is 187 Å². The number of likely N-dealkylation sites (tertiary alicyclic amines) is 2. The molecule has 1 aromatic heterocycles. The van der Waals surface area contributed by atoms with Gasteiger partial charge in [0.1, 0.15) is 0 Å². The summed E-state index contributed by atoms with van der Waals surface area (Å²) in [5.41, 5.74) is 1.82. The third-order valence-corrected chi connectivity index (χ3v) is 7.61. The normalized spacial score (nSPS) is 19.2. The minimum Gasteiger partial charge on any atom is -0.494 e. The van der Waals surface area contributed by atoms with E-state index in [4.69, 9.17) is 11.6 Å². The molecule has 0 bridgehead atoms. The number of amides is 1. The molecule has 162 valence electrons. The third-order valence-electron chi connectivity index (χ3n) is 7.30. The van der Waals surface area contributed by atoms with Gasteiger partial charge >= 0.3 is 0 Å². The fraction of sp³-hybridized carbons (Fsp3) is 0.400. The molecule has 1 spiro atoms. The Balaban J connectivity index is 1.36. The second kappa shape index (κ2) is 7.88. The first-order valence-electron chi connectivity index (χ1n) is 11.0. The number of piperidine rings is 2. The van der Waals surface area contributed by atoms with E-state index in [1.165, 1.54) is 12.8 Å². The van der Waals surface area contributed by atoms with Gasteiger partial charge in [-0.3, -0.25) is 9.36 Å². The highest BCUT2D eigenvalue weighted by Gasteiger charge is 2.38. The number of hydrogen-bond donors (Lipinski definition) is 1. The Kier molecular flexibility index (Phi) is 5.19. The van der Waals surface area contributed by atoms with Crippen LogP contribution in [-0.4, -0.2) is 58.6 Å². The van der Waals surface area contributed by atoms with Crippen molar-refractivity contribution in [3.63, 3.8) is 0 Å². The molecule has 3 heterocycles. The zero-order valence-corrected chi connectivity index (χ0v) is 18.6. The van der Waals surface area contributed by atoms with Crippen molar-refractivity contribution in [2.24, 2.45) is 5.41 Å². The lowest BCUT2D eigenvalue weighted by Crippen LogP contribution is -2.47. The van der Waals surface area contributed by atoms with Crippen LogP contribution in [0.1, 0.15) is 36.0 Å². The van der Waals surface area contributed by atoms with Gasteiger partial charge in [-0.15, -0.1) is 0 Å². The van der Waals surface area contributed by atoms with Crippen molar-refractivity contribution >= 4 is 28.3 Å². The zero-order valence-electron chi connectivity index (χ0n) is 17.9. The maximum atomic E-state index is 13.2. The van der Waals surface area contributed by atoms with E-state index in [-0.39, 0.29) is 11.8 Å². The van der Waals surface area contributed by atoms with E-state index in [1.807, 2.05) is 47.5 Å². The molecule has 0 atom stereocenters. The number of aromatic hydroxyl groups is 1. The average molecular weight is 438 g/mol. The van der Waals surface area contributed by atoms with Gasteiger partial charge in [0, 0.05) is 35.9 Å². The molecule has 2 aliphatic heterocycles. The first-order valence-corrected chi connectivity index (χ1v) is 11.4. The first kappa shape index (κ1) is 20.4. The van der Waals surface area contributed by atoms with Crippen LogP contribution in [0.2, 0.25) is 5.02 Å². The SMILES string of the molecule is CN1CCC2(CC1)CCN(C(=O)c1cccc(-n3cc4cccc(Cl)c4c3O)c1)CC2. The van der Waals surface area contributed by atoms with Crippen LogP contribution in [0.25, 0.3) is 16.5 Å². The predicted octanol–water partition coefficient (Wildman–Crippen LogP) is 4.94. The molecular formula is C25H28ClN3O2. The summed E-state index contributed by atoms with van der Waals surface area (Å²) in [7, 11) is 2.19. The van der Waals surface area contributed by atoms with E-state index in [0.29, 0.717) is 21.4 Å². The summed E-state index contributed by atoms with van der Waals surface area (Å²) in [5.74, 6) is 0.159. The van der Waals surface area contributed by atoms with E-state index in [0.717, 1.165) is 50.1 Å². The monoisotopic (exact) mass is 437 g/mol. The summed E-state index contributed by atoms with van der Waals surface area (Å²) >= 11 is 6.28. The Morgan fingerprint density at radius 3 is 2.39 bits per heavy atom. The van der Waals surface area contributed by atoms with E-state index >= 15 is 0 Å². The van der Waals surface area contributed by atoms with Crippen molar-refractivity contribution in [2.75, 3.05) is 33.2 Å². The number of carbonyl (C=O) groups is 1. The summed E-state index contributed by atoms with van der Waals surface area (Å²) in [6.07, 6.45) is 6.52. The molecule has 6 heteroatoms. The molecule has 1 amide bonds. The molecule has 0 unspecified atom stereocenters. The number of hydrogen-bond acceptors (Lipinski definition) is 3. The van der Waals surface area contributed by atoms with E-state index in [9.17, 15) is 9.90 Å². The van der Waals surface area contributed by atoms with Crippen LogP contribution < -0.4 is 0 Å². The minimum atomic E-state index is 0.0684. The smallest absolute Gasteiger partial charge is 0.253 e. The number of carbonyl (C=O) groups excluding carboxylic acids is 1. The molecular weight excluding hydrogens is 410 g/mol. The standard InChI is InChI=1S/C25H28ClN3O2/c1-27-12-8-25(9-13-27)10-14-28(15-11-25)23(30)18-4-2-6-20(16-18)29-17-19-5-3-7-21(26)22(19)24(29)31/h2-7,16-17,31H,8-15H2,1H3. The molecule has 2 fully saturated rings. The van der Waals surface area contributed by atoms with Gasteiger partial charge in [0.25, 0.3) is 5.91 Å². The van der Waals surface area contributed by atoms with Gasteiger partial charge in [-0.2, -0.15) is 0 Å². The van der Waals surface area contributed by atoms with Gasteiger partial charge in [-0.05, 0) is 75.5 Å². The molecule has 0 saturated carbocycles. The number of aromatic nitrogens is 1. The molecule has 0 aliphatic carbocycles. The number of fused-ring (bicyclic) bond motifs is 1. The molecule has 5 nitrogen and oxygen atoms in total. The Bertz CT molecular complexity index is 1120. The molecule has 0 radical (unpaired) electrons. The summed E-state index contributed by atoms with van der Waals surface area (Å²) < 4.78 is 1.69. The molecule has 2 aromatic carbocycles. The minimum absolute atomic E-state index is 0.0684. The molecule has 2 saturated heterocycles. The maximum Gasteiger partial charge on any atom is 0.253 e.